The van der Waals surface area contributed by atoms with Gasteiger partial charge in [0.15, 0.2) is 0 Å². The summed E-state index contributed by atoms with van der Waals surface area (Å²) in [5.41, 5.74) is 5.39. The molecular formula is C31H29BrClFN2O3. The van der Waals surface area contributed by atoms with E-state index in [-0.39, 0.29) is 24.6 Å². The third kappa shape index (κ3) is 6.44. The Hall–Kier alpha value is -2.97. The summed E-state index contributed by atoms with van der Waals surface area (Å²) in [5, 5.41) is 13.2. The number of halogens is 3. The summed E-state index contributed by atoms with van der Waals surface area (Å²) in [6, 6.07) is 18.3. The van der Waals surface area contributed by atoms with Crippen LogP contribution in [0.5, 0.6) is 11.5 Å². The van der Waals surface area contributed by atoms with Gasteiger partial charge in [0.1, 0.15) is 30.0 Å². The zero-order chi connectivity index (χ0) is 27.4. The van der Waals surface area contributed by atoms with E-state index in [0.717, 1.165) is 45.1 Å². The van der Waals surface area contributed by atoms with E-state index >= 15 is 0 Å². The molecule has 0 radical (unpaired) electrons. The smallest absolute Gasteiger partial charge is 0.142 e. The van der Waals surface area contributed by atoms with Gasteiger partial charge >= 0.3 is 0 Å². The Balaban J connectivity index is 1.42. The van der Waals surface area contributed by atoms with Gasteiger partial charge < -0.3 is 19.9 Å². The highest BCUT2D eigenvalue weighted by Gasteiger charge is 2.28. The van der Waals surface area contributed by atoms with Crippen molar-refractivity contribution in [3.63, 3.8) is 0 Å². The van der Waals surface area contributed by atoms with Crippen molar-refractivity contribution < 1.29 is 19.0 Å². The van der Waals surface area contributed by atoms with E-state index in [4.69, 9.17) is 21.1 Å². The number of ether oxygens (including phenoxy) is 2. The summed E-state index contributed by atoms with van der Waals surface area (Å²) in [6.45, 7) is 2.70. The van der Waals surface area contributed by atoms with Gasteiger partial charge in [0, 0.05) is 52.2 Å². The van der Waals surface area contributed by atoms with E-state index < -0.39 is 0 Å². The van der Waals surface area contributed by atoms with Gasteiger partial charge in [-0.1, -0.05) is 48.0 Å². The van der Waals surface area contributed by atoms with Crippen molar-refractivity contribution in [2.24, 2.45) is 0 Å². The summed E-state index contributed by atoms with van der Waals surface area (Å²) in [4.78, 5) is 4.21. The molecule has 2 N–H and O–H groups in total. The number of rotatable bonds is 10. The molecule has 0 saturated heterocycles. The van der Waals surface area contributed by atoms with Crippen LogP contribution in [0.4, 0.5) is 4.39 Å². The van der Waals surface area contributed by atoms with Crippen LogP contribution in [-0.4, -0.2) is 22.7 Å². The summed E-state index contributed by atoms with van der Waals surface area (Å²) < 4.78 is 28.2. The summed E-state index contributed by atoms with van der Waals surface area (Å²) in [6.07, 6.45) is 4.80. The second-order valence-electron chi connectivity index (χ2n) is 9.65. The second-order valence-corrected chi connectivity index (χ2v) is 11.0. The van der Waals surface area contributed by atoms with Crippen molar-refractivity contribution >= 4 is 27.5 Å². The molecule has 1 aliphatic rings. The lowest BCUT2D eigenvalue weighted by molar-refractivity contribution is 0.205. The number of hydrogen-bond donors (Lipinski definition) is 2. The average molecular weight is 612 g/mol. The van der Waals surface area contributed by atoms with Gasteiger partial charge in [0.2, 0.25) is 0 Å². The zero-order valence-electron chi connectivity index (χ0n) is 21.5. The topological polar surface area (TPSA) is 63.6 Å². The fraction of sp³-hybridized carbons (Fsp3) is 0.258. The Labute approximate surface area is 241 Å². The van der Waals surface area contributed by atoms with E-state index in [9.17, 15) is 9.50 Å². The maximum Gasteiger partial charge on any atom is 0.142 e. The standard InChI is InChI=1S/C31H29BrClFN2O3/c1-19(17-37)36-15-21-12-27(33)31(13-30(21)38-18-20-11-22(32)16-35-14-20)39-29-10-9-24-23(6-4-7-26(24)29)25-5-2-3-8-28(25)34/h2-8,11-14,16,19,29,36-37H,9-10,15,17-18H2,1H3/t19-,29+/m1/s1. The lowest BCUT2D eigenvalue weighted by Crippen LogP contribution is -2.28. The van der Waals surface area contributed by atoms with E-state index in [0.29, 0.717) is 35.2 Å². The number of fused-ring (bicyclic) bond motifs is 1. The SMILES string of the molecule is C[C@H](CO)NCc1cc(Cl)c(O[C@H]2CCc3c(-c4ccccc4F)cccc32)cc1OCc1cncc(Br)c1. The fourth-order valence-corrected chi connectivity index (χ4v) is 5.45. The fourth-order valence-electron chi connectivity index (χ4n) is 4.81. The van der Waals surface area contributed by atoms with Crippen LogP contribution in [0.1, 0.15) is 41.7 Å². The van der Waals surface area contributed by atoms with Crippen molar-refractivity contribution in [1.82, 2.24) is 10.3 Å². The van der Waals surface area contributed by atoms with Crippen LogP contribution in [0.3, 0.4) is 0 Å². The molecule has 0 spiro atoms. The zero-order valence-corrected chi connectivity index (χ0v) is 23.8. The molecule has 1 aromatic heterocycles. The highest BCUT2D eigenvalue weighted by atomic mass is 79.9. The largest absolute Gasteiger partial charge is 0.488 e. The molecule has 0 saturated carbocycles. The van der Waals surface area contributed by atoms with E-state index in [1.165, 1.54) is 6.07 Å². The minimum atomic E-state index is -0.236. The summed E-state index contributed by atoms with van der Waals surface area (Å²) in [5.74, 6) is 0.915. The Bertz CT molecular complexity index is 1470. The van der Waals surface area contributed by atoms with E-state index in [2.05, 4.69) is 26.2 Å². The first-order valence-corrected chi connectivity index (χ1v) is 14.0. The molecule has 5 nitrogen and oxygen atoms in total. The maximum absolute atomic E-state index is 14.6. The number of aliphatic hydroxyl groups excluding tert-OH is 1. The molecule has 0 unspecified atom stereocenters. The summed E-state index contributed by atoms with van der Waals surface area (Å²) in [7, 11) is 0. The molecule has 0 aliphatic heterocycles. The lowest BCUT2D eigenvalue weighted by atomic mass is 9.96. The van der Waals surface area contributed by atoms with Crippen LogP contribution >= 0.6 is 27.5 Å². The third-order valence-electron chi connectivity index (χ3n) is 6.83. The molecule has 2 atom stereocenters. The molecule has 0 fully saturated rings. The number of nitrogens with zero attached hydrogens (tertiary/aromatic N) is 1. The number of nitrogens with one attached hydrogen (secondary N) is 1. The predicted molar refractivity (Wildman–Crippen MR) is 155 cm³/mol. The van der Waals surface area contributed by atoms with Gasteiger partial charge in [-0.2, -0.15) is 0 Å². The first-order valence-electron chi connectivity index (χ1n) is 12.8. The van der Waals surface area contributed by atoms with E-state index in [1.54, 1.807) is 18.5 Å². The van der Waals surface area contributed by atoms with Crippen LogP contribution in [0, 0.1) is 5.82 Å². The Morgan fingerprint density at radius 1 is 1.10 bits per heavy atom. The lowest BCUT2D eigenvalue weighted by Gasteiger charge is -2.20. The van der Waals surface area contributed by atoms with Crippen molar-refractivity contribution in [2.75, 3.05) is 6.61 Å². The van der Waals surface area contributed by atoms with E-state index in [1.807, 2.05) is 55.5 Å². The van der Waals surface area contributed by atoms with Gasteiger partial charge in [-0.15, -0.1) is 0 Å². The number of pyridine rings is 1. The molecule has 39 heavy (non-hydrogen) atoms. The maximum atomic E-state index is 14.6. The van der Waals surface area contributed by atoms with Crippen LogP contribution < -0.4 is 14.8 Å². The van der Waals surface area contributed by atoms with Crippen LogP contribution in [0.15, 0.2) is 77.5 Å². The average Bonchev–Trinajstić information content (AvgIpc) is 3.35. The molecular weight excluding hydrogens is 583 g/mol. The first-order chi connectivity index (χ1) is 18.9. The minimum Gasteiger partial charge on any atom is -0.488 e. The highest BCUT2D eigenvalue weighted by molar-refractivity contribution is 9.10. The van der Waals surface area contributed by atoms with Crippen molar-refractivity contribution in [2.45, 2.75) is 45.1 Å². The normalized spacial score (nSPS) is 15.2. The number of aliphatic hydroxyl groups is 1. The Kier molecular flexibility index (Phi) is 8.82. The Morgan fingerprint density at radius 2 is 1.92 bits per heavy atom. The van der Waals surface area contributed by atoms with Gasteiger partial charge in [-0.3, -0.25) is 4.98 Å². The molecule has 1 aliphatic carbocycles. The monoisotopic (exact) mass is 610 g/mol. The molecule has 0 bridgehead atoms. The van der Waals surface area contributed by atoms with Crippen LogP contribution in [0.2, 0.25) is 5.02 Å². The molecule has 202 valence electrons. The number of aromatic nitrogens is 1. The van der Waals surface area contributed by atoms with Gasteiger partial charge in [0.05, 0.1) is 11.6 Å². The molecule has 3 aromatic carbocycles. The van der Waals surface area contributed by atoms with Crippen LogP contribution in [0.25, 0.3) is 11.1 Å². The molecule has 0 amide bonds. The second kappa shape index (κ2) is 12.5. The first kappa shape index (κ1) is 27.6. The molecule has 1 heterocycles. The Morgan fingerprint density at radius 3 is 2.72 bits per heavy atom. The molecule has 4 aromatic rings. The number of benzene rings is 3. The molecule has 8 heteroatoms. The minimum absolute atomic E-state index is 0.0186. The highest BCUT2D eigenvalue weighted by Crippen LogP contribution is 2.43. The van der Waals surface area contributed by atoms with Crippen LogP contribution in [-0.2, 0) is 19.6 Å². The molecule has 5 rings (SSSR count). The van der Waals surface area contributed by atoms with Crippen molar-refractivity contribution in [1.29, 1.82) is 0 Å². The van der Waals surface area contributed by atoms with Gasteiger partial charge in [-0.25, -0.2) is 4.39 Å². The van der Waals surface area contributed by atoms with Gasteiger partial charge in [-0.05, 0) is 70.6 Å². The predicted octanol–water partition coefficient (Wildman–Crippen LogP) is 7.42. The van der Waals surface area contributed by atoms with Crippen molar-refractivity contribution in [3.05, 3.63) is 111 Å². The van der Waals surface area contributed by atoms with Crippen molar-refractivity contribution in [3.8, 4) is 22.6 Å². The third-order valence-corrected chi connectivity index (χ3v) is 7.56. The summed E-state index contributed by atoms with van der Waals surface area (Å²) >= 11 is 10.2. The number of hydrogen-bond acceptors (Lipinski definition) is 5. The van der Waals surface area contributed by atoms with Gasteiger partial charge in [0.25, 0.3) is 0 Å². The quantitative estimate of drug-likeness (QED) is 0.195.